The van der Waals surface area contributed by atoms with Crippen LogP contribution in [0.4, 0.5) is 0 Å². The lowest BCUT2D eigenvalue weighted by Crippen LogP contribution is -2.04. The van der Waals surface area contributed by atoms with E-state index in [2.05, 4.69) is 30.3 Å². The first-order valence-electron chi connectivity index (χ1n) is 9.85. The number of Topliss-reactive ketones (excluding diaryl/α,β-unsaturated/α-hetero) is 1. The average Bonchev–Trinajstić information content (AvgIpc) is 3.11. The molecule has 0 aliphatic heterocycles. The fourth-order valence-corrected chi connectivity index (χ4v) is 4.73. The second kappa shape index (κ2) is 8.71. The van der Waals surface area contributed by atoms with Gasteiger partial charge in [-0.2, -0.15) is 0 Å². The third-order valence-electron chi connectivity index (χ3n) is 5.61. The van der Waals surface area contributed by atoms with E-state index in [4.69, 9.17) is 28.3 Å². The molecule has 0 amide bonds. The third kappa shape index (κ3) is 4.40. The highest BCUT2D eigenvalue weighted by Gasteiger charge is 2.26. The zero-order valence-electron chi connectivity index (χ0n) is 16.0. The summed E-state index contributed by atoms with van der Waals surface area (Å²) in [5, 5.41) is 10.3. The molecule has 0 heterocycles. The van der Waals surface area contributed by atoms with E-state index in [9.17, 15) is 4.79 Å². The van der Waals surface area contributed by atoms with Gasteiger partial charge in [0.1, 0.15) is 5.78 Å². The predicted octanol–water partition coefficient (Wildman–Crippen LogP) is 6.23. The Labute approximate surface area is 181 Å². The molecule has 2 nitrogen and oxygen atoms in total. The number of rotatable bonds is 6. The van der Waals surface area contributed by atoms with Crippen molar-refractivity contribution in [2.75, 3.05) is 6.61 Å². The predicted molar refractivity (Wildman–Crippen MR) is 119 cm³/mol. The van der Waals surface area contributed by atoms with Gasteiger partial charge in [-0.05, 0) is 58.4 Å². The lowest BCUT2D eigenvalue weighted by Gasteiger charge is -2.16. The smallest absolute Gasteiger partial charge is 0.139 e. The molecule has 1 aliphatic carbocycles. The number of aliphatic hydroxyl groups is 1. The summed E-state index contributed by atoms with van der Waals surface area (Å²) in [6.45, 7) is -0.0992. The van der Waals surface area contributed by atoms with Crippen molar-refractivity contribution in [3.8, 4) is 11.1 Å². The van der Waals surface area contributed by atoms with E-state index in [-0.39, 0.29) is 24.7 Å². The molecule has 1 N–H and O–H groups in total. The van der Waals surface area contributed by atoms with Crippen LogP contribution in [-0.2, 0) is 17.6 Å². The minimum absolute atomic E-state index is 0.0519. The number of hydrogen-bond donors (Lipinski definition) is 1. The standard InChI is InChI=1S/C25H22Cl2O2/c26-20-7-9-23(25(27)15-20)22-8-6-17-4-5-19(14-24(17)22)18-3-1-2-16(12-18)13-21(29)10-11-28/h1-5,7,9,12,14-15,22,28H,6,8,10-11,13H2. The highest BCUT2D eigenvalue weighted by Crippen LogP contribution is 2.42. The Morgan fingerprint density at radius 3 is 2.59 bits per heavy atom. The Balaban J connectivity index is 1.66. The summed E-state index contributed by atoms with van der Waals surface area (Å²) in [5.74, 6) is 0.320. The largest absolute Gasteiger partial charge is 0.396 e. The summed E-state index contributed by atoms with van der Waals surface area (Å²) in [7, 11) is 0. The molecule has 0 fully saturated rings. The van der Waals surface area contributed by atoms with Crippen molar-refractivity contribution in [1.29, 1.82) is 0 Å². The summed E-state index contributed by atoms with van der Waals surface area (Å²) in [5.41, 5.74) is 6.99. The minimum atomic E-state index is -0.0992. The number of aryl methyl sites for hydroxylation is 1. The minimum Gasteiger partial charge on any atom is -0.396 e. The molecular weight excluding hydrogens is 403 g/mol. The molecule has 0 aromatic heterocycles. The fourth-order valence-electron chi connectivity index (χ4n) is 4.19. The Bertz CT molecular complexity index is 1060. The van der Waals surface area contributed by atoms with E-state index >= 15 is 0 Å². The number of fused-ring (bicyclic) bond motifs is 1. The Hall–Kier alpha value is -2.13. The van der Waals surface area contributed by atoms with Gasteiger partial charge in [0.25, 0.3) is 0 Å². The number of carbonyl (C=O) groups is 1. The summed E-state index contributed by atoms with van der Waals surface area (Å²) < 4.78 is 0. The first-order valence-corrected chi connectivity index (χ1v) is 10.6. The summed E-state index contributed by atoms with van der Waals surface area (Å²) in [6, 6.07) is 20.4. The van der Waals surface area contributed by atoms with Crippen LogP contribution in [0.3, 0.4) is 0 Å². The van der Waals surface area contributed by atoms with Crippen LogP contribution in [0.5, 0.6) is 0 Å². The summed E-state index contributed by atoms with van der Waals surface area (Å²) in [6.07, 6.45) is 2.62. The van der Waals surface area contributed by atoms with Crippen LogP contribution in [0.15, 0.2) is 60.7 Å². The molecule has 0 radical (unpaired) electrons. The van der Waals surface area contributed by atoms with Crippen molar-refractivity contribution in [1.82, 2.24) is 0 Å². The van der Waals surface area contributed by atoms with Gasteiger partial charge >= 0.3 is 0 Å². The van der Waals surface area contributed by atoms with E-state index < -0.39 is 0 Å². The molecule has 4 heteroatoms. The van der Waals surface area contributed by atoms with Gasteiger partial charge in [-0.15, -0.1) is 0 Å². The van der Waals surface area contributed by atoms with Crippen molar-refractivity contribution < 1.29 is 9.90 Å². The van der Waals surface area contributed by atoms with Gasteiger partial charge in [0.05, 0.1) is 0 Å². The lowest BCUT2D eigenvalue weighted by atomic mass is 9.90. The highest BCUT2D eigenvalue weighted by molar-refractivity contribution is 6.35. The van der Waals surface area contributed by atoms with Crippen LogP contribution in [-0.4, -0.2) is 17.5 Å². The molecule has 0 bridgehead atoms. The second-order valence-corrected chi connectivity index (χ2v) is 8.40. The molecule has 148 valence electrons. The van der Waals surface area contributed by atoms with Crippen molar-refractivity contribution in [3.63, 3.8) is 0 Å². The van der Waals surface area contributed by atoms with Gasteiger partial charge < -0.3 is 5.11 Å². The second-order valence-electron chi connectivity index (χ2n) is 7.56. The van der Waals surface area contributed by atoms with Crippen molar-refractivity contribution in [3.05, 3.63) is 93.0 Å². The average molecular weight is 425 g/mol. The van der Waals surface area contributed by atoms with Crippen LogP contribution < -0.4 is 0 Å². The molecule has 1 aliphatic rings. The number of ketones is 1. The summed E-state index contributed by atoms with van der Waals surface area (Å²) in [4.78, 5) is 11.9. The number of carbonyl (C=O) groups excluding carboxylic acids is 1. The number of hydrogen-bond acceptors (Lipinski definition) is 2. The molecular formula is C25H22Cl2O2. The fraction of sp³-hybridized carbons (Fsp3) is 0.240. The summed E-state index contributed by atoms with van der Waals surface area (Å²) >= 11 is 12.6. The quantitative estimate of drug-likeness (QED) is 0.508. The maximum absolute atomic E-state index is 11.9. The first-order chi connectivity index (χ1) is 14.0. The monoisotopic (exact) mass is 424 g/mol. The van der Waals surface area contributed by atoms with Gasteiger partial charge in [0, 0.05) is 35.4 Å². The Morgan fingerprint density at radius 2 is 1.79 bits per heavy atom. The van der Waals surface area contributed by atoms with E-state index in [0.29, 0.717) is 16.5 Å². The SMILES string of the molecule is O=C(CCO)Cc1cccc(-c2ccc3c(c2)C(c2ccc(Cl)cc2Cl)CC3)c1. The molecule has 0 spiro atoms. The van der Waals surface area contributed by atoms with Crippen molar-refractivity contribution in [2.45, 2.75) is 31.6 Å². The topological polar surface area (TPSA) is 37.3 Å². The van der Waals surface area contributed by atoms with Gasteiger partial charge in [0.2, 0.25) is 0 Å². The highest BCUT2D eigenvalue weighted by atomic mass is 35.5. The Morgan fingerprint density at radius 1 is 0.966 bits per heavy atom. The number of aliphatic hydroxyl groups excluding tert-OH is 1. The normalized spacial score (nSPS) is 15.3. The molecule has 0 saturated heterocycles. The number of benzene rings is 3. The van der Waals surface area contributed by atoms with Gasteiger partial charge in [-0.25, -0.2) is 0 Å². The molecule has 0 saturated carbocycles. The van der Waals surface area contributed by atoms with Crippen molar-refractivity contribution in [2.24, 2.45) is 0 Å². The van der Waals surface area contributed by atoms with Crippen LogP contribution >= 0.6 is 23.2 Å². The number of halogens is 2. The van der Waals surface area contributed by atoms with Gasteiger partial charge in [-0.1, -0.05) is 71.7 Å². The third-order valence-corrected chi connectivity index (χ3v) is 6.18. The van der Waals surface area contributed by atoms with Gasteiger partial charge in [-0.3, -0.25) is 4.79 Å². The van der Waals surface area contributed by atoms with Gasteiger partial charge in [0.15, 0.2) is 0 Å². The molecule has 29 heavy (non-hydrogen) atoms. The van der Waals surface area contributed by atoms with Crippen LogP contribution in [0, 0.1) is 0 Å². The van der Waals surface area contributed by atoms with E-state index in [1.807, 2.05) is 30.3 Å². The zero-order valence-corrected chi connectivity index (χ0v) is 17.5. The molecule has 4 rings (SSSR count). The van der Waals surface area contributed by atoms with E-state index in [1.54, 1.807) is 0 Å². The Kier molecular flexibility index (Phi) is 6.05. The zero-order chi connectivity index (χ0) is 20.4. The van der Waals surface area contributed by atoms with Crippen LogP contribution in [0.1, 0.15) is 41.0 Å². The van der Waals surface area contributed by atoms with Crippen LogP contribution in [0.25, 0.3) is 11.1 Å². The molecule has 3 aromatic carbocycles. The van der Waals surface area contributed by atoms with E-state index in [1.165, 1.54) is 11.1 Å². The maximum atomic E-state index is 11.9. The van der Waals surface area contributed by atoms with Crippen molar-refractivity contribution >= 4 is 29.0 Å². The first kappa shape index (κ1) is 20.2. The molecule has 1 unspecified atom stereocenters. The maximum Gasteiger partial charge on any atom is 0.139 e. The van der Waals surface area contributed by atoms with E-state index in [0.717, 1.165) is 35.1 Å². The molecule has 3 aromatic rings. The lowest BCUT2D eigenvalue weighted by molar-refractivity contribution is -0.119. The van der Waals surface area contributed by atoms with Crippen LogP contribution in [0.2, 0.25) is 10.0 Å². The molecule has 1 atom stereocenters.